The number of benzene rings is 1. The first-order valence-electron chi connectivity index (χ1n) is 7.73. The average molecular weight is 353 g/mol. The molecule has 2 heterocycles. The summed E-state index contributed by atoms with van der Waals surface area (Å²) in [7, 11) is 0. The summed E-state index contributed by atoms with van der Waals surface area (Å²) < 4.78 is 6.13. The van der Waals surface area contributed by atoms with Crippen LogP contribution in [0.4, 0.5) is 0 Å². The van der Waals surface area contributed by atoms with Crippen molar-refractivity contribution in [3.8, 4) is 0 Å². The van der Waals surface area contributed by atoms with Gasteiger partial charge in [0.05, 0.1) is 6.10 Å². The molecule has 3 atom stereocenters. The molecule has 20 heavy (non-hydrogen) atoms. The summed E-state index contributed by atoms with van der Waals surface area (Å²) in [6.45, 7) is 0.969. The molecule has 1 nitrogen and oxygen atoms in total. The van der Waals surface area contributed by atoms with E-state index in [1.165, 1.54) is 37.0 Å². The fourth-order valence-electron chi connectivity index (χ4n) is 3.98. The van der Waals surface area contributed by atoms with E-state index in [1.54, 1.807) is 5.56 Å². The molecule has 2 aliphatic heterocycles. The highest BCUT2D eigenvalue weighted by molar-refractivity contribution is 9.09. The van der Waals surface area contributed by atoms with Crippen LogP contribution in [0.15, 0.2) is 29.2 Å². The molecular formula is C17H21BrOS. The molecule has 1 saturated heterocycles. The lowest BCUT2D eigenvalue weighted by Crippen LogP contribution is -2.37. The van der Waals surface area contributed by atoms with E-state index in [0.717, 1.165) is 23.1 Å². The molecule has 2 fully saturated rings. The minimum atomic E-state index is 0.390. The Bertz CT molecular complexity index is 477. The fourth-order valence-corrected chi connectivity index (χ4v) is 6.31. The SMILES string of the molecule is BrCC1(CC2Cc3ccccc3S2)CCOC1C1CC1. The van der Waals surface area contributed by atoms with Gasteiger partial charge < -0.3 is 4.74 Å². The van der Waals surface area contributed by atoms with E-state index in [-0.39, 0.29) is 0 Å². The highest BCUT2D eigenvalue weighted by atomic mass is 79.9. The van der Waals surface area contributed by atoms with Crippen LogP contribution in [0.25, 0.3) is 0 Å². The van der Waals surface area contributed by atoms with E-state index >= 15 is 0 Å². The Morgan fingerprint density at radius 2 is 2.15 bits per heavy atom. The van der Waals surface area contributed by atoms with Gasteiger partial charge in [0.2, 0.25) is 0 Å². The van der Waals surface area contributed by atoms with Crippen LogP contribution < -0.4 is 0 Å². The lowest BCUT2D eigenvalue weighted by atomic mass is 9.76. The molecule has 108 valence electrons. The van der Waals surface area contributed by atoms with Crippen LogP contribution in [0, 0.1) is 11.3 Å². The molecule has 0 amide bonds. The summed E-state index contributed by atoms with van der Waals surface area (Å²) >= 11 is 5.92. The van der Waals surface area contributed by atoms with Crippen LogP contribution in [-0.4, -0.2) is 23.3 Å². The third-order valence-electron chi connectivity index (χ3n) is 5.17. The smallest absolute Gasteiger partial charge is 0.0668 e. The lowest BCUT2D eigenvalue weighted by molar-refractivity contribution is 0.0376. The standard InChI is InChI=1S/C17H21BrOS/c18-11-17(7-8-19-16(17)12-5-6-12)10-14-9-13-3-1-2-4-15(13)20-14/h1-4,12,14,16H,5-11H2. The maximum Gasteiger partial charge on any atom is 0.0668 e. The lowest BCUT2D eigenvalue weighted by Gasteiger charge is -2.34. The van der Waals surface area contributed by atoms with Crippen LogP contribution in [0.1, 0.15) is 31.2 Å². The van der Waals surface area contributed by atoms with Crippen molar-refractivity contribution in [2.45, 2.75) is 48.4 Å². The molecule has 1 aromatic rings. The third-order valence-corrected chi connectivity index (χ3v) is 7.60. The predicted octanol–water partition coefficient (Wildman–Crippen LogP) is 4.67. The minimum Gasteiger partial charge on any atom is -0.377 e. The zero-order valence-electron chi connectivity index (χ0n) is 11.7. The zero-order valence-corrected chi connectivity index (χ0v) is 14.1. The van der Waals surface area contributed by atoms with Gasteiger partial charge in [-0.05, 0) is 49.7 Å². The van der Waals surface area contributed by atoms with Gasteiger partial charge in [0, 0.05) is 27.5 Å². The zero-order chi connectivity index (χ0) is 13.6. The van der Waals surface area contributed by atoms with E-state index in [1.807, 2.05) is 0 Å². The van der Waals surface area contributed by atoms with E-state index in [2.05, 4.69) is 52.0 Å². The molecule has 4 rings (SSSR count). The number of fused-ring (bicyclic) bond motifs is 1. The Balaban J connectivity index is 1.50. The summed E-state index contributed by atoms with van der Waals surface area (Å²) in [5.74, 6) is 0.851. The first kappa shape index (κ1) is 13.7. The van der Waals surface area contributed by atoms with Crippen LogP contribution in [-0.2, 0) is 11.2 Å². The van der Waals surface area contributed by atoms with Gasteiger partial charge >= 0.3 is 0 Å². The molecule has 3 aliphatic rings. The predicted molar refractivity (Wildman–Crippen MR) is 87.7 cm³/mol. The maximum absolute atomic E-state index is 6.13. The number of hydrogen-bond donors (Lipinski definition) is 0. The molecule has 0 bridgehead atoms. The summed E-state index contributed by atoms with van der Waals surface area (Å²) in [4.78, 5) is 1.50. The van der Waals surface area contributed by atoms with Crippen molar-refractivity contribution in [3.63, 3.8) is 0 Å². The second-order valence-electron chi connectivity index (χ2n) is 6.63. The minimum absolute atomic E-state index is 0.390. The van der Waals surface area contributed by atoms with Crippen molar-refractivity contribution < 1.29 is 4.74 Å². The Kier molecular flexibility index (Phi) is 3.64. The molecule has 3 heteroatoms. The van der Waals surface area contributed by atoms with Gasteiger partial charge in [-0.15, -0.1) is 11.8 Å². The summed E-state index contributed by atoms with van der Waals surface area (Å²) in [6, 6.07) is 8.92. The molecular weight excluding hydrogens is 332 g/mol. The van der Waals surface area contributed by atoms with E-state index in [4.69, 9.17) is 4.74 Å². The Labute approximate surface area is 134 Å². The number of ether oxygens (including phenoxy) is 1. The van der Waals surface area contributed by atoms with Gasteiger partial charge in [-0.2, -0.15) is 0 Å². The summed E-state index contributed by atoms with van der Waals surface area (Å²) in [6.07, 6.45) is 7.08. The number of hydrogen-bond acceptors (Lipinski definition) is 2. The van der Waals surface area contributed by atoms with Crippen molar-refractivity contribution in [1.82, 2.24) is 0 Å². The van der Waals surface area contributed by atoms with E-state index in [9.17, 15) is 0 Å². The quantitative estimate of drug-likeness (QED) is 0.728. The molecule has 0 spiro atoms. The van der Waals surface area contributed by atoms with Gasteiger partial charge in [-0.25, -0.2) is 0 Å². The van der Waals surface area contributed by atoms with Gasteiger partial charge in [0.1, 0.15) is 0 Å². The monoisotopic (exact) mass is 352 g/mol. The number of halogens is 1. The van der Waals surface area contributed by atoms with Crippen LogP contribution in [0.5, 0.6) is 0 Å². The first-order chi connectivity index (χ1) is 9.81. The maximum atomic E-state index is 6.13. The van der Waals surface area contributed by atoms with Crippen molar-refractivity contribution in [1.29, 1.82) is 0 Å². The second kappa shape index (κ2) is 5.33. The highest BCUT2D eigenvalue weighted by Gasteiger charge is 2.51. The molecule has 1 aromatic carbocycles. The fraction of sp³-hybridized carbons (Fsp3) is 0.647. The molecule has 0 aromatic heterocycles. The number of thioether (sulfide) groups is 1. The van der Waals surface area contributed by atoms with Crippen LogP contribution >= 0.6 is 27.7 Å². The summed E-state index contributed by atoms with van der Waals surface area (Å²) in [5, 5.41) is 1.85. The van der Waals surface area contributed by atoms with Gasteiger partial charge in [0.25, 0.3) is 0 Å². The third kappa shape index (κ3) is 2.36. The molecule has 0 radical (unpaired) electrons. The highest BCUT2D eigenvalue weighted by Crippen LogP contribution is 2.53. The van der Waals surface area contributed by atoms with Gasteiger partial charge in [-0.1, -0.05) is 34.1 Å². The molecule has 3 unspecified atom stereocenters. The summed E-state index contributed by atoms with van der Waals surface area (Å²) in [5.41, 5.74) is 1.94. The van der Waals surface area contributed by atoms with E-state index in [0.29, 0.717) is 11.5 Å². The Morgan fingerprint density at radius 3 is 2.90 bits per heavy atom. The topological polar surface area (TPSA) is 9.23 Å². The molecule has 0 N–H and O–H groups in total. The van der Waals surface area contributed by atoms with Crippen molar-refractivity contribution in [2.75, 3.05) is 11.9 Å². The molecule has 1 saturated carbocycles. The largest absolute Gasteiger partial charge is 0.377 e. The van der Waals surface area contributed by atoms with Gasteiger partial charge in [-0.3, -0.25) is 0 Å². The second-order valence-corrected chi connectivity index (χ2v) is 8.53. The van der Waals surface area contributed by atoms with Crippen LogP contribution in [0.3, 0.4) is 0 Å². The van der Waals surface area contributed by atoms with E-state index < -0.39 is 0 Å². The average Bonchev–Trinajstić information content (AvgIpc) is 3.09. The number of alkyl halides is 1. The van der Waals surface area contributed by atoms with Gasteiger partial charge in [0.15, 0.2) is 0 Å². The first-order valence-corrected chi connectivity index (χ1v) is 9.73. The van der Waals surface area contributed by atoms with Crippen molar-refractivity contribution in [3.05, 3.63) is 29.8 Å². The Hall–Kier alpha value is 0.01000. The van der Waals surface area contributed by atoms with Crippen molar-refractivity contribution in [2.24, 2.45) is 11.3 Å². The molecule has 1 aliphatic carbocycles. The van der Waals surface area contributed by atoms with Crippen molar-refractivity contribution >= 4 is 27.7 Å². The van der Waals surface area contributed by atoms with Crippen LogP contribution in [0.2, 0.25) is 0 Å². The number of rotatable bonds is 4. The Morgan fingerprint density at radius 1 is 1.30 bits per heavy atom. The normalized spacial score (nSPS) is 36.2.